The van der Waals surface area contributed by atoms with Crippen molar-refractivity contribution in [1.29, 1.82) is 0 Å². The van der Waals surface area contributed by atoms with Crippen LogP contribution in [0, 0.1) is 12.3 Å². The normalized spacial score (nSPS) is 11.1. The van der Waals surface area contributed by atoms with E-state index in [0.29, 0.717) is 13.2 Å². The van der Waals surface area contributed by atoms with Gasteiger partial charge in [-0.2, -0.15) is 9.89 Å². The largest absolute Gasteiger partial charge is 0.370 e. The molecule has 0 aromatic carbocycles. The Morgan fingerprint density at radius 2 is 1.73 bits per heavy atom. The van der Waals surface area contributed by atoms with Crippen LogP contribution in [0.3, 0.4) is 0 Å². The maximum absolute atomic E-state index is 8.01. The van der Waals surface area contributed by atoms with Crippen LogP contribution in [0.15, 0.2) is 12.3 Å². The number of terminal acetylenes is 1. The Kier molecular flexibility index (Phi) is 12.9. The van der Waals surface area contributed by atoms with Gasteiger partial charge in [0.2, 0.25) is 5.84 Å². The molecule has 148 valence electrons. The first-order chi connectivity index (χ1) is 11.7. The van der Waals surface area contributed by atoms with Gasteiger partial charge in [-0.25, -0.2) is 0 Å². The lowest BCUT2D eigenvalue weighted by Crippen LogP contribution is -2.22. The maximum atomic E-state index is 8.01. The minimum atomic E-state index is -1.20. The van der Waals surface area contributed by atoms with Crippen molar-refractivity contribution >= 4 is 13.9 Å². The predicted octanol–water partition coefficient (Wildman–Crippen LogP) is 4.32. The summed E-state index contributed by atoms with van der Waals surface area (Å²) in [6.07, 6.45) is 6.68. The Morgan fingerprint density at radius 1 is 1.19 bits per heavy atom. The molecule has 1 rings (SSSR count). The van der Waals surface area contributed by atoms with Crippen molar-refractivity contribution in [3.8, 4) is 12.3 Å². The fourth-order valence-electron chi connectivity index (χ4n) is 1.09. The van der Waals surface area contributed by atoms with Gasteiger partial charge in [0.05, 0.1) is 23.5 Å². The van der Waals surface area contributed by atoms with Gasteiger partial charge in [-0.1, -0.05) is 25.6 Å². The molecule has 0 aliphatic rings. The third-order valence-electron chi connectivity index (χ3n) is 2.25. The third kappa shape index (κ3) is 24.5. The second-order valence-electron chi connectivity index (χ2n) is 8.70. The molecule has 0 amide bonds. The van der Waals surface area contributed by atoms with Crippen LogP contribution in [0.1, 0.15) is 47.2 Å². The Balaban J connectivity index is 0. The molecule has 0 radical (unpaired) electrons. The standard InChI is InChI=1S/C8H14N2O.C7H12O.C4H10N2Si/c1-8(2,3)11-6-7-4-5-9-10-7;1-5-6-8-7(2,3)4;1-7(2,3)4-6-5/h4-5H,6H2,1-3H3,(H,9,10);1H,6H2,2-4H3;4H,1-3H3. The first kappa shape index (κ1) is 26.5. The molecule has 6 nitrogen and oxygen atoms in total. The first-order valence-corrected chi connectivity index (χ1v) is 12.2. The maximum Gasteiger partial charge on any atom is 0.226 e. The summed E-state index contributed by atoms with van der Waals surface area (Å²) in [6, 6.07) is 1.91. The van der Waals surface area contributed by atoms with Gasteiger partial charge in [-0.05, 0) is 47.6 Å². The second kappa shape index (κ2) is 12.6. The van der Waals surface area contributed by atoms with E-state index in [1.54, 1.807) is 12.0 Å². The van der Waals surface area contributed by atoms with Gasteiger partial charge >= 0.3 is 0 Å². The highest BCUT2D eigenvalue weighted by Crippen LogP contribution is 2.09. The molecular weight excluding hydrogens is 344 g/mol. The Morgan fingerprint density at radius 3 is 1.96 bits per heavy atom. The number of aromatic nitrogens is 2. The molecule has 0 bridgehead atoms. The van der Waals surface area contributed by atoms with E-state index in [4.69, 9.17) is 21.4 Å². The molecular formula is C19H36N4O2Si. The summed E-state index contributed by atoms with van der Waals surface area (Å²) in [4.78, 5) is 2.94. The number of nitrogens with one attached hydrogen (secondary N) is 1. The molecule has 0 saturated carbocycles. The molecule has 0 spiro atoms. The van der Waals surface area contributed by atoms with Gasteiger partial charge in [-0.15, -0.1) is 6.42 Å². The molecule has 0 fully saturated rings. The van der Waals surface area contributed by atoms with Gasteiger partial charge in [0, 0.05) is 6.20 Å². The molecule has 26 heavy (non-hydrogen) atoms. The zero-order valence-electron chi connectivity index (χ0n) is 17.9. The Bertz CT molecular complexity index is 552. The van der Waals surface area contributed by atoms with Crippen molar-refractivity contribution in [2.24, 2.45) is 0 Å². The van der Waals surface area contributed by atoms with Crippen molar-refractivity contribution in [3.63, 3.8) is 0 Å². The Hall–Kier alpha value is -1.71. The van der Waals surface area contributed by atoms with E-state index in [1.165, 1.54) is 0 Å². The zero-order chi connectivity index (χ0) is 20.9. The summed E-state index contributed by atoms with van der Waals surface area (Å²) < 4.78 is 10.6. The average Bonchev–Trinajstić information content (AvgIpc) is 2.95. The predicted molar refractivity (Wildman–Crippen MR) is 111 cm³/mol. The number of hydrogen-bond acceptors (Lipinski definition) is 3. The molecule has 0 atom stereocenters. The van der Waals surface area contributed by atoms with E-state index in [-0.39, 0.29) is 11.2 Å². The van der Waals surface area contributed by atoms with Gasteiger partial charge in [0.25, 0.3) is 0 Å². The third-order valence-corrected chi connectivity index (χ3v) is 3.14. The van der Waals surface area contributed by atoms with Gasteiger partial charge < -0.3 is 15.0 Å². The van der Waals surface area contributed by atoms with E-state index in [1.807, 2.05) is 47.6 Å². The molecule has 1 heterocycles. The quantitative estimate of drug-likeness (QED) is 0.277. The van der Waals surface area contributed by atoms with Crippen LogP contribution in [-0.4, -0.2) is 46.7 Å². The van der Waals surface area contributed by atoms with Crippen molar-refractivity contribution < 1.29 is 14.3 Å². The smallest absolute Gasteiger partial charge is 0.226 e. The van der Waals surface area contributed by atoms with Crippen LogP contribution < -0.4 is 0 Å². The van der Waals surface area contributed by atoms with E-state index in [9.17, 15) is 0 Å². The van der Waals surface area contributed by atoms with Crippen molar-refractivity contribution in [2.75, 3.05) is 6.61 Å². The van der Waals surface area contributed by atoms with Crippen molar-refractivity contribution in [1.82, 2.24) is 10.2 Å². The Labute approximate surface area is 160 Å². The van der Waals surface area contributed by atoms with Crippen LogP contribution in [0.5, 0.6) is 0 Å². The lowest BCUT2D eigenvalue weighted by molar-refractivity contribution is -0.0164. The fraction of sp³-hybridized carbons (Fsp3) is 0.684. The van der Waals surface area contributed by atoms with Crippen LogP contribution in [-0.2, 0) is 16.1 Å². The lowest BCUT2D eigenvalue weighted by atomic mass is 10.2. The van der Waals surface area contributed by atoms with Crippen molar-refractivity contribution in [2.45, 2.75) is 79.0 Å². The van der Waals surface area contributed by atoms with Gasteiger partial charge in [-0.3, -0.25) is 5.10 Å². The molecule has 0 aliphatic carbocycles. The molecule has 1 aromatic heterocycles. The highest BCUT2D eigenvalue weighted by molar-refractivity contribution is 6.98. The molecule has 0 unspecified atom stereocenters. The number of hydrogen-bond donors (Lipinski definition) is 1. The number of aromatic amines is 1. The summed E-state index contributed by atoms with van der Waals surface area (Å²) in [5.41, 5.74) is 8.85. The van der Waals surface area contributed by atoms with Crippen molar-refractivity contribution in [3.05, 3.63) is 23.5 Å². The molecule has 0 saturated heterocycles. The van der Waals surface area contributed by atoms with Gasteiger partial charge in [0.15, 0.2) is 8.07 Å². The number of ether oxygens (including phenoxy) is 2. The number of nitrogens with zero attached hydrogens (tertiary/aromatic N) is 3. The van der Waals surface area contributed by atoms with E-state index in [2.05, 4.69) is 40.5 Å². The van der Waals surface area contributed by atoms with Crippen LogP contribution >= 0.6 is 0 Å². The highest BCUT2D eigenvalue weighted by Gasteiger charge is 2.14. The van der Waals surface area contributed by atoms with E-state index >= 15 is 0 Å². The minimum Gasteiger partial charge on any atom is -0.370 e. The van der Waals surface area contributed by atoms with Gasteiger partial charge in [0.1, 0.15) is 6.61 Å². The zero-order valence-corrected chi connectivity index (χ0v) is 18.9. The second-order valence-corrected chi connectivity index (χ2v) is 13.7. The fourth-order valence-corrected chi connectivity index (χ4v) is 1.44. The monoisotopic (exact) mass is 380 g/mol. The van der Waals surface area contributed by atoms with E-state index in [0.717, 1.165) is 5.69 Å². The summed E-state index contributed by atoms with van der Waals surface area (Å²) in [7, 11) is -1.20. The van der Waals surface area contributed by atoms with Crippen LogP contribution in [0.2, 0.25) is 19.6 Å². The van der Waals surface area contributed by atoms with E-state index < -0.39 is 8.07 Å². The van der Waals surface area contributed by atoms with Crippen LogP contribution in [0.4, 0.5) is 0 Å². The molecule has 1 N–H and O–H groups in total. The molecule has 0 aliphatic heterocycles. The minimum absolute atomic E-state index is 0.0783. The SMILES string of the molecule is C#CCOC(C)(C)C.CC(C)(C)OCc1ccn[nH]1.C[Si](C)(C)C=[N+]=[N-]. The average molecular weight is 381 g/mol. The summed E-state index contributed by atoms with van der Waals surface area (Å²) in [5.74, 6) is 4.03. The first-order valence-electron chi connectivity index (χ1n) is 8.58. The lowest BCUT2D eigenvalue weighted by Gasteiger charge is -2.18. The summed E-state index contributed by atoms with van der Waals surface area (Å²) in [5, 5.41) is 6.65. The number of H-pyrrole nitrogens is 1. The molecule has 7 heteroatoms. The highest BCUT2D eigenvalue weighted by atomic mass is 28.3. The molecule has 1 aromatic rings. The van der Waals surface area contributed by atoms with Crippen LogP contribution in [0.25, 0.3) is 5.53 Å². The topological polar surface area (TPSA) is 83.5 Å². The summed E-state index contributed by atoms with van der Waals surface area (Å²) in [6.45, 7) is 19.3. The number of rotatable bonds is 4. The summed E-state index contributed by atoms with van der Waals surface area (Å²) >= 11 is 0.